The number of ether oxygens (including phenoxy) is 4. The van der Waals surface area contributed by atoms with Gasteiger partial charge >= 0.3 is 11.9 Å². The SMILES string of the molecule is C[C@H]1[C@H](OC(=O)CCC(=O)OCCCn2cc(C#N)nc2Cl)O[C@@H]2O[C@@]3(C)CC[C@H]4[C@H](C)CC[C@@H]1[C@@]24OO3. The number of carbonyl (C=O) groups is 2. The number of fused-ring (bicyclic) bond motifs is 2. The summed E-state index contributed by atoms with van der Waals surface area (Å²) in [5, 5.41) is 9.07. The molecule has 1 aromatic heterocycles. The molecule has 38 heavy (non-hydrogen) atoms. The molecule has 208 valence electrons. The molecule has 1 aliphatic carbocycles. The van der Waals surface area contributed by atoms with Crippen molar-refractivity contribution in [3.63, 3.8) is 0 Å². The number of hydrogen-bond acceptors (Lipinski definition) is 10. The Labute approximate surface area is 226 Å². The maximum atomic E-state index is 12.7. The van der Waals surface area contributed by atoms with Crippen LogP contribution in [-0.2, 0) is 44.9 Å². The highest BCUT2D eigenvalue weighted by atomic mass is 35.5. The number of carbonyl (C=O) groups excluding carboxylic acids is 2. The fraction of sp³-hybridized carbons (Fsp3) is 0.769. The molecule has 5 aliphatic rings. The Bertz CT molecular complexity index is 1110. The number of rotatable bonds is 8. The first-order valence-corrected chi connectivity index (χ1v) is 13.7. The summed E-state index contributed by atoms with van der Waals surface area (Å²) < 4.78 is 25.1. The Balaban J connectivity index is 1.11. The predicted molar refractivity (Wildman–Crippen MR) is 130 cm³/mol. The third kappa shape index (κ3) is 5.05. The predicted octanol–water partition coefficient (Wildman–Crippen LogP) is 3.87. The van der Waals surface area contributed by atoms with E-state index in [1.54, 1.807) is 4.57 Å². The number of nitrogens with zero attached hydrogens (tertiary/aromatic N) is 3. The van der Waals surface area contributed by atoms with E-state index in [0.29, 0.717) is 25.3 Å². The van der Waals surface area contributed by atoms with Crippen LogP contribution in [0.1, 0.15) is 71.4 Å². The normalized spacial score (nSPS) is 37.6. The van der Waals surface area contributed by atoms with Gasteiger partial charge in [-0.2, -0.15) is 5.26 Å². The average Bonchev–Trinajstić information content (AvgIpc) is 3.09. The second-order valence-electron chi connectivity index (χ2n) is 11.0. The first-order valence-electron chi connectivity index (χ1n) is 13.3. The molecule has 0 unspecified atom stereocenters. The van der Waals surface area contributed by atoms with E-state index < -0.39 is 35.9 Å². The summed E-state index contributed by atoms with van der Waals surface area (Å²) in [4.78, 5) is 40.6. The summed E-state index contributed by atoms with van der Waals surface area (Å²) in [5.41, 5.74) is -0.500. The molecule has 1 saturated carbocycles. The van der Waals surface area contributed by atoms with Crippen molar-refractivity contribution in [3.8, 4) is 6.07 Å². The minimum Gasteiger partial charge on any atom is -0.466 e. The highest BCUT2D eigenvalue weighted by Crippen LogP contribution is 2.60. The lowest BCUT2D eigenvalue weighted by Gasteiger charge is -2.59. The van der Waals surface area contributed by atoms with E-state index in [1.165, 1.54) is 6.20 Å². The van der Waals surface area contributed by atoms with E-state index in [4.69, 9.17) is 45.6 Å². The Morgan fingerprint density at radius 2 is 2.00 bits per heavy atom. The molecule has 6 rings (SSSR count). The van der Waals surface area contributed by atoms with Gasteiger partial charge in [0, 0.05) is 31.0 Å². The van der Waals surface area contributed by atoms with Crippen molar-refractivity contribution >= 4 is 23.5 Å². The van der Waals surface area contributed by atoms with Crippen LogP contribution < -0.4 is 0 Å². The molecule has 8 atom stereocenters. The second-order valence-corrected chi connectivity index (χ2v) is 11.4. The van der Waals surface area contributed by atoms with E-state index in [2.05, 4.69) is 11.9 Å². The van der Waals surface area contributed by atoms with E-state index >= 15 is 0 Å². The van der Waals surface area contributed by atoms with E-state index in [1.807, 2.05) is 19.9 Å². The highest BCUT2D eigenvalue weighted by Gasteiger charge is 2.69. The number of hydrogen-bond donors (Lipinski definition) is 0. The monoisotopic (exact) mass is 551 g/mol. The first-order chi connectivity index (χ1) is 18.1. The van der Waals surface area contributed by atoms with Crippen molar-refractivity contribution < 1.29 is 38.3 Å². The third-order valence-electron chi connectivity index (χ3n) is 8.53. The van der Waals surface area contributed by atoms with Crippen molar-refractivity contribution in [1.82, 2.24) is 9.55 Å². The Morgan fingerprint density at radius 3 is 2.76 bits per heavy atom. The molecule has 0 aromatic carbocycles. The molecule has 11 nitrogen and oxygen atoms in total. The summed E-state index contributed by atoms with van der Waals surface area (Å²) in [5.74, 6) is -1.37. The van der Waals surface area contributed by atoms with Gasteiger partial charge in [-0.25, -0.2) is 14.8 Å². The largest absolute Gasteiger partial charge is 0.466 e. The number of esters is 2. The first kappa shape index (κ1) is 27.3. The lowest BCUT2D eigenvalue weighted by Crippen LogP contribution is -2.70. The molecule has 1 spiro atoms. The summed E-state index contributed by atoms with van der Waals surface area (Å²) in [6.45, 7) is 6.68. The molecular weight excluding hydrogens is 518 g/mol. The minimum atomic E-state index is -0.905. The van der Waals surface area contributed by atoms with Crippen LogP contribution in [0.4, 0.5) is 0 Å². The fourth-order valence-electron chi connectivity index (χ4n) is 6.50. The summed E-state index contributed by atoms with van der Waals surface area (Å²) in [6, 6.07) is 1.92. The summed E-state index contributed by atoms with van der Waals surface area (Å²) >= 11 is 5.96. The lowest BCUT2D eigenvalue weighted by atomic mass is 9.58. The highest BCUT2D eigenvalue weighted by molar-refractivity contribution is 6.28. The molecule has 5 fully saturated rings. The number of imidazole rings is 1. The van der Waals surface area contributed by atoms with Crippen molar-refractivity contribution in [1.29, 1.82) is 5.26 Å². The zero-order valence-corrected chi connectivity index (χ0v) is 22.6. The molecule has 4 aliphatic heterocycles. The summed E-state index contributed by atoms with van der Waals surface area (Å²) in [7, 11) is 0. The Morgan fingerprint density at radius 1 is 1.21 bits per heavy atom. The lowest BCUT2D eigenvalue weighted by molar-refractivity contribution is -0.576. The van der Waals surface area contributed by atoms with Crippen molar-refractivity contribution in [2.75, 3.05) is 6.61 Å². The van der Waals surface area contributed by atoms with Gasteiger partial charge < -0.3 is 23.5 Å². The molecule has 0 N–H and O–H groups in total. The molecule has 5 heterocycles. The molecule has 1 aromatic rings. The molecule has 0 amide bonds. The maximum Gasteiger partial charge on any atom is 0.308 e. The van der Waals surface area contributed by atoms with Crippen molar-refractivity contribution in [3.05, 3.63) is 17.2 Å². The standard InChI is InChI=1S/C26H34ClN3O8/c1-15-5-6-19-16(2)22(35-23-26(19)18(15)9-10-25(3,36-23)37-38-26)34-21(32)8-7-20(31)33-12-4-11-30-14-17(13-28)29-24(30)27/h14-16,18-19,22-23H,4-12H2,1-3H3/t15-,16-,18+,19+,22-,23-,25-,26-/m1/s1. The third-order valence-corrected chi connectivity index (χ3v) is 8.83. The Hall–Kier alpha value is -2.23. The van der Waals surface area contributed by atoms with Crippen LogP contribution in [0.5, 0.6) is 0 Å². The zero-order valence-electron chi connectivity index (χ0n) is 21.9. The van der Waals surface area contributed by atoms with Crippen LogP contribution in [0, 0.1) is 35.0 Å². The van der Waals surface area contributed by atoms with E-state index in [0.717, 1.165) is 19.3 Å². The van der Waals surface area contributed by atoms with Crippen LogP contribution >= 0.6 is 11.6 Å². The second kappa shape index (κ2) is 10.7. The fourth-order valence-corrected chi connectivity index (χ4v) is 6.72. The van der Waals surface area contributed by atoms with Gasteiger partial charge in [-0.15, -0.1) is 0 Å². The molecule has 4 saturated heterocycles. The smallest absolute Gasteiger partial charge is 0.308 e. The van der Waals surface area contributed by atoms with Gasteiger partial charge in [-0.1, -0.05) is 13.8 Å². The van der Waals surface area contributed by atoms with Crippen LogP contribution in [0.15, 0.2) is 6.20 Å². The molecular formula is C26H34ClN3O8. The molecule has 12 heteroatoms. The maximum absolute atomic E-state index is 12.7. The molecule has 0 radical (unpaired) electrons. The van der Waals surface area contributed by atoms with Crippen LogP contribution in [0.2, 0.25) is 5.28 Å². The van der Waals surface area contributed by atoms with Crippen LogP contribution in [0.3, 0.4) is 0 Å². The minimum absolute atomic E-state index is 0.0427. The van der Waals surface area contributed by atoms with Gasteiger partial charge in [0.1, 0.15) is 6.07 Å². The number of halogens is 1. The average molecular weight is 552 g/mol. The van der Waals surface area contributed by atoms with Crippen molar-refractivity contribution in [2.45, 2.75) is 96.2 Å². The van der Waals surface area contributed by atoms with Crippen LogP contribution in [-0.4, -0.2) is 52.1 Å². The zero-order chi connectivity index (χ0) is 27.1. The van der Waals surface area contributed by atoms with E-state index in [9.17, 15) is 9.59 Å². The van der Waals surface area contributed by atoms with Gasteiger partial charge in [-0.3, -0.25) is 9.59 Å². The van der Waals surface area contributed by atoms with Gasteiger partial charge in [0.05, 0.1) is 19.4 Å². The summed E-state index contributed by atoms with van der Waals surface area (Å²) in [6.07, 6.45) is 3.85. The van der Waals surface area contributed by atoms with Crippen LogP contribution in [0.25, 0.3) is 0 Å². The van der Waals surface area contributed by atoms with Gasteiger partial charge in [0.2, 0.25) is 17.4 Å². The number of aryl methyl sites for hydroxylation is 1. The number of nitriles is 1. The Kier molecular flexibility index (Phi) is 7.73. The molecule has 2 bridgehead atoms. The van der Waals surface area contributed by atoms with Crippen molar-refractivity contribution in [2.24, 2.45) is 23.7 Å². The van der Waals surface area contributed by atoms with Gasteiger partial charge in [0.25, 0.3) is 0 Å². The van der Waals surface area contributed by atoms with E-state index in [-0.39, 0.29) is 48.2 Å². The topological polar surface area (TPSA) is 131 Å². The quantitative estimate of drug-likeness (QED) is 0.266. The number of aromatic nitrogens is 2. The van der Waals surface area contributed by atoms with Gasteiger partial charge in [0.15, 0.2) is 17.6 Å². The van der Waals surface area contributed by atoms with Gasteiger partial charge in [-0.05, 0) is 56.0 Å².